The van der Waals surface area contributed by atoms with Gasteiger partial charge in [-0.05, 0) is 35.7 Å². The highest BCUT2D eigenvalue weighted by molar-refractivity contribution is 5.90. The molecule has 1 unspecified atom stereocenters. The molecular weight excluding hydrogens is 316 g/mol. The smallest absolute Gasteiger partial charge is 0.319 e. The van der Waals surface area contributed by atoms with Gasteiger partial charge in [0.15, 0.2) is 0 Å². The summed E-state index contributed by atoms with van der Waals surface area (Å²) in [7, 11) is 0. The normalized spacial score (nSPS) is 11.7. The molecule has 0 aliphatic heterocycles. The molecule has 5 heteroatoms. The summed E-state index contributed by atoms with van der Waals surface area (Å²) in [5, 5.41) is 15.4. The van der Waals surface area contributed by atoms with Crippen LogP contribution in [0.15, 0.2) is 77.4 Å². The summed E-state index contributed by atoms with van der Waals surface area (Å²) >= 11 is 0. The SMILES string of the molecule is O=C(NCC(O)c1ccco1)Nc1ccccc1Cc1ccccc1. The van der Waals surface area contributed by atoms with E-state index in [-0.39, 0.29) is 12.6 Å². The predicted octanol–water partition coefficient (Wildman–Crippen LogP) is 3.73. The maximum atomic E-state index is 12.1. The number of benzene rings is 2. The van der Waals surface area contributed by atoms with Crippen LogP contribution in [0.25, 0.3) is 0 Å². The van der Waals surface area contributed by atoms with Crippen molar-refractivity contribution in [3.05, 3.63) is 89.9 Å². The van der Waals surface area contributed by atoms with Crippen LogP contribution in [0.3, 0.4) is 0 Å². The fraction of sp³-hybridized carbons (Fsp3) is 0.150. The van der Waals surface area contributed by atoms with E-state index in [2.05, 4.69) is 22.8 Å². The molecule has 0 bridgehead atoms. The fourth-order valence-electron chi connectivity index (χ4n) is 2.55. The maximum Gasteiger partial charge on any atom is 0.319 e. The van der Waals surface area contributed by atoms with E-state index in [1.54, 1.807) is 12.1 Å². The van der Waals surface area contributed by atoms with Gasteiger partial charge in [-0.2, -0.15) is 0 Å². The number of urea groups is 1. The van der Waals surface area contributed by atoms with Crippen molar-refractivity contribution in [3.8, 4) is 0 Å². The molecule has 25 heavy (non-hydrogen) atoms. The molecule has 0 aliphatic carbocycles. The number of furan rings is 1. The Hall–Kier alpha value is -3.05. The second-order valence-corrected chi connectivity index (χ2v) is 5.69. The van der Waals surface area contributed by atoms with Crippen molar-refractivity contribution in [2.45, 2.75) is 12.5 Å². The number of hydrogen-bond acceptors (Lipinski definition) is 3. The summed E-state index contributed by atoms with van der Waals surface area (Å²) in [5.41, 5.74) is 2.94. The standard InChI is InChI=1S/C20H20N2O3/c23-18(19-11-6-12-25-19)14-21-20(24)22-17-10-5-4-9-16(17)13-15-7-2-1-3-8-15/h1-12,18,23H,13-14H2,(H2,21,22,24). The average Bonchev–Trinajstić information content (AvgIpc) is 3.17. The van der Waals surface area contributed by atoms with Crippen LogP contribution in [0.1, 0.15) is 23.0 Å². The molecule has 128 valence electrons. The quantitative estimate of drug-likeness (QED) is 0.642. The number of rotatable bonds is 6. The first-order valence-electron chi connectivity index (χ1n) is 8.10. The number of carbonyl (C=O) groups is 1. The van der Waals surface area contributed by atoms with Gasteiger partial charge in [-0.3, -0.25) is 0 Å². The van der Waals surface area contributed by atoms with Crippen molar-refractivity contribution in [3.63, 3.8) is 0 Å². The Bertz CT molecular complexity index is 801. The van der Waals surface area contributed by atoms with Crippen molar-refractivity contribution in [1.82, 2.24) is 5.32 Å². The van der Waals surface area contributed by atoms with Gasteiger partial charge in [0.05, 0.1) is 12.8 Å². The number of hydrogen-bond donors (Lipinski definition) is 3. The van der Waals surface area contributed by atoms with Crippen LogP contribution in [0.2, 0.25) is 0 Å². The zero-order chi connectivity index (χ0) is 17.5. The van der Waals surface area contributed by atoms with Gasteiger partial charge in [0, 0.05) is 5.69 Å². The van der Waals surface area contributed by atoms with Gasteiger partial charge in [-0.15, -0.1) is 0 Å². The number of carbonyl (C=O) groups excluding carboxylic acids is 1. The Balaban J connectivity index is 1.59. The first kappa shape index (κ1) is 16.8. The Morgan fingerprint density at radius 3 is 2.52 bits per heavy atom. The highest BCUT2D eigenvalue weighted by atomic mass is 16.4. The van der Waals surface area contributed by atoms with Crippen LogP contribution in [0, 0.1) is 0 Å². The molecule has 2 aromatic carbocycles. The highest BCUT2D eigenvalue weighted by Gasteiger charge is 2.12. The summed E-state index contributed by atoms with van der Waals surface area (Å²) in [6.07, 6.45) is 1.34. The molecule has 5 nitrogen and oxygen atoms in total. The minimum Gasteiger partial charge on any atom is -0.467 e. The summed E-state index contributed by atoms with van der Waals surface area (Å²) in [6.45, 7) is 0.0696. The Kier molecular flexibility index (Phi) is 5.49. The molecule has 1 aromatic heterocycles. The average molecular weight is 336 g/mol. The van der Waals surface area contributed by atoms with Crippen LogP contribution in [-0.4, -0.2) is 17.7 Å². The Labute approximate surface area is 146 Å². The monoisotopic (exact) mass is 336 g/mol. The second-order valence-electron chi connectivity index (χ2n) is 5.69. The zero-order valence-electron chi connectivity index (χ0n) is 13.7. The summed E-state index contributed by atoms with van der Waals surface area (Å²) in [6, 6.07) is 20.7. The highest BCUT2D eigenvalue weighted by Crippen LogP contribution is 2.19. The Morgan fingerprint density at radius 2 is 1.76 bits per heavy atom. The lowest BCUT2D eigenvalue weighted by Crippen LogP contribution is -2.32. The van der Waals surface area contributed by atoms with E-state index in [4.69, 9.17) is 4.42 Å². The van der Waals surface area contributed by atoms with E-state index in [0.29, 0.717) is 5.76 Å². The Morgan fingerprint density at radius 1 is 1.00 bits per heavy atom. The molecule has 0 radical (unpaired) electrons. The minimum atomic E-state index is -0.875. The molecular formula is C20H20N2O3. The van der Waals surface area contributed by atoms with Gasteiger partial charge in [-0.25, -0.2) is 4.79 Å². The van der Waals surface area contributed by atoms with E-state index in [1.807, 2.05) is 42.5 Å². The summed E-state index contributed by atoms with van der Waals surface area (Å²) in [4.78, 5) is 12.1. The molecule has 1 atom stereocenters. The number of aliphatic hydroxyl groups is 1. The third-order valence-electron chi connectivity index (χ3n) is 3.83. The van der Waals surface area contributed by atoms with Crippen molar-refractivity contribution in [2.24, 2.45) is 0 Å². The van der Waals surface area contributed by atoms with E-state index in [1.165, 1.54) is 11.8 Å². The van der Waals surface area contributed by atoms with Crippen LogP contribution >= 0.6 is 0 Å². The molecule has 0 spiro atoms. The molecule has 0 saturated heterocycles. The number of amides is 2. The number of para-hydroxylation sites is 1. The molecule has 1 heterocycles. The van der Waals surface area contributed by atoms with Crippen molar-refractivity contribution >= 4 is 11.7 Å². The predicted molar refractivity (Wildman–Crippen MR) is 96.4 cm³/mol. The van der Waals surface area contributed by atoms with Crippen LogP contribution < -0.4 is 10.6 Å². The van der Waals surface area contributed by atoms with E-state index < -0.39 is 6.10 Å². The number of nitrogens with one attached hydrogen (secondary N) is 2. The minimum absolute atomic E-state index is 0.0696. The lowest BCUT2D eigenvalue weighted by molar-refractivity contribution is 0.149. The topological polar surface area (TPSA) is 74.5 Å². The van der Waals surface area contributed by atoms with E-state index in [0.717, 1.165) is 17.7 Å². The largest absolute Gasteiger partial charge is 0.467 e. The van der Waals surface area contributed by atoms with Gasteiger partial charge in [0.1, 0.15) is 11.9 Å². The third kappa shape index (κ3) is 4.71. The fourth-order valence-corrected chi connectivity index (χ4v) is 2.55. The van der Waals surface area contributed by atoms with E-state index >= 15 is 0 Å². The molecule has 0 aliphatic rings. The van der Waals surface area contributed by atoms with Crippen molar-refractivity contribution in [1.29, 1.82) is 0 Å². The first-order valence-corrected chi connectivity index (χ1v) is 8.10. The van der Waals surface area contributed by atoms with Gasteiger partial charge in [0.25, 0.3) is 0 Å². The molecule has 0 saturated carbocycles. The number of aliphatic hydroxyl groups excluding tert-OH is 1. The molecule has 0 fully saturated rings. The second kappa shape index (κ2) is 8.17. The zero-order valence-corrected chi connectivity index (χ0v) is 13.7. The van der Waals surface area contributed by atoms with Crippen LogP contribution in [0.5, 0.6) is 0 Å². The molecule has 3 rings (SSSR count). The maximum absolute atomic E-state index is 12.1. The first-order chi connectivity index (χ1) is 12.2. The van der Waals surface area contributed by atoms with Crippen molar-refractivity contribution < 1.29 is 14.3 Å². The molecule has 2 amide bonds. The van der Waals surface area contributed by atoms with Gasteiger partial charge in [0.2, 0.25) is 0 Å². The van der Waals surface area contributed by atoms with Crippen LogP contribution in [0.4, 0.5) is 10.5 Å². The van der Waals surface area contributed by atoms with Gasteiger partial charge in [-0.1, -0.05) is 48.5 Å². The summed E-state index contributed by atoms with van der Waals surface area (Å²) < 4.78 is 5.11. The van der Waals surface area contributed by atoms with Crippen LogP contribution in [-0.2, 0) is 6.42 Å². The summed E-state index contributed by atoms with van der Waals surface area (Å²) in [5.74, 6) is 0.421. The van der Waals surface area contributed by atoms with Gasteiger partial charge < -0.3 is 20.2 Å². The number of anilines is 1. The molecule has 3 aromatic rings. The molecule has 3 N–H and O–H groups in total. The third-order valence-corrected chi connectivity index (χ3v) is 3.83. The lowest BCUT2D eigenvalue weighted by Gasteiger charge is -2.13. The van der Waals surface area contributed by atoms with Gasteiger partial charge >= 0.3 is 6.03 Å². The lowest BCUT2D eigenvalue weighted by atomic mass is 10.0. The van der Waals surface area contributed by atoms with E-state index in [9.17, 15) is 9.90 Å². The van der Waals surface area contributed by atoms with Crippen molar-refractivity contribution in [2.75, 3.05) is 11.9 Å².